The molecule has 2 heterocycles. The number of rotatable bonds is 5. The maximum atomic E-state index is 13.1. The van der Waals surface area contributed by atoms with Crippen molar-refractivity contribution in [3.05, 3.63) is 65.7 Å². The molecule has 0 unspecified atom stereocenters. The lowest BCUT2D eigenvalue weighted by Gasteiger charge is -2.06. The molecule has 1 amide bonds. The SMILES string of the molecule is O=C(CSc1ccc(-c2cccnc2)nn1)Nc1ccc(F)c(Cl)c1. The van der Waals surface area contributed by atoms with Gasteiger partial charge in [-0.3, -0.25) is 9.78 Å². The number of carbonyl (C=O) groups excluding carboxylic acids is 1. The largest absolute Gasteiger partial charge is 0.325 e. The summed E-state index contributed by atoms with van der Waals surface area (Å²) < 4.78 is 13.1. The highest BCUT2D eigenvalue weighted by Crippen LogP contribution is 2.21. The van der Waals surface area contributed by atoms with Gasteiger partial charge in [-0.25, -0.2) is 4.39 Å². The van der Waals surface area contributed by atoms with Crippen LogP contribution in [0.15, 0.2) is 59.9 Å². The Morgan fingerprint density at radius 1 is 1.20 bits per heavy atom. The first kappa shape index (κ1) is 17.3. The average molecular weight is 375 g/mol. The van der Waals surface area contributed by atoms with Gasteiger partial charge in [0.2, 0.25) is 5.91 Å². The predicted molar refractivity (Wildman–Crippen MR) is 96.0 cm³/mol. The second-order valence-corrected chi connectivity index (χ2v) is 6.37. The number of nitrogens with one attached hydrogen (secondary N) is 1. The van der Waals surface area contributed by atoms with Gasteiger partial charge in [0.1, 0.15) is 10.8 Å². The summed E-state index contributed by atoms with van der Waals surface area (Å²) in [7, 11) is 0. The molecular weight excluding hydrogens is 363 g/mol. The smallest absolute Gasteiger partial charge is 0.234 e. The van der Waals surface area contributed by atoms with Crippen molar-refractivity contribution in [3.63, 3.8) is 0 Å². The summed E-state index contributed by atoms with van der Waals surface area (Å²) in [5, 5.41) is 11.5. The molecule has 1 aromatic carbocycles. The second kappa shape index (κ2) is 8.04. The van der Waals surface area contributed by atoms with Gasteiger partial charge in [-0.2, -0.15) is 0 Å². The van der Waals surface area contributed by atoms with E-state index in [9.17, 15) is 9.18 Å². The number of pyridine rings is 1. The van der Waals surface area contributed by atoms with Crippen molar-refractivity contribution in [1.29, 1.82) is 0 Å². The zero-order valence-corrected chi connectivity index (χ0v) is 14.4. The number of benzene rings is 1. The van der Waals surface area contributed by atoms with Gasteiger partial charge >= 0.3 is 0 Å². The third-order valence-corrected chi connectivity index (χ3v) is 4.36. The molecule has 0 fully saturated rings. The number of hydrogen-bond acceptors (Lipinski definition) is 5. The Hall–Kier alpha value is -2.51. The molecule has 8 heteroatoms. The van der Waals surface area contributed by atoms with Crippen LogP contribution in [0.5, 0.6) is 0 Å². The zero-order chi connectivity index (χ0) is 17.6. The lowest BCUT2D eigenvalue weighted by atomic mass is 10.2. The highest BCUT2D eigenvalue weighted by molar-refractivity contribution is 7.99. The first-order valence-corrected chi connectivity index (χ1v) is 8.60. The predicted octanol–water partition coefficient (Wildman–Crippen LogP) is 4.06. The Labute approximate surface area is 152 Å². The van der Waals surface area contributed by atoms with Crippen LogP contribution in [0.3, 0.4) is 0 Å². The molecule has 5 nitrogen and oxygen atoms in total. The third kappa shape index (κ3) is 4.74. The highest BCUT2D eigenvalue weighted by Gasteiger charge is 2.08. The average Bonchev–Trinajstić information content (AvgIpc) is 2.64. The molecule has 0 radical (unpaired) electrons. The normalized spacial score (nSPS) is 10.5. The fourth-order valence-corrected chi connectivity index (χ4v) is 2.77. The summed E-state index contributed by atoms with van der Waals surface area (Å²) in [4.78, 5) is 16.0. The number of carbonyl (C=O) groups is 1. The van der Waals surface area contributed by atoms with E-state index in [0.29, 0.717) is 16.4 Å². The maximum absolute atomic E-state index is 13.1. The van der Waals surface area contributed by atoms with Gasteiger partial charge in [-0.1, -0.05) is 23.4 Å². The topological polar surface area (TPSA) is 67.8 Å². The lowest BCUT2D eigenvalue weighted by molar-refractivity contribution is -0.113. The molecule has 126 valence electrons. The Morgan fingerprint density at radius 2 is 2.08 bits per heavy atom. The number of halogens is 2. The van der Waals surface area contributed by atoms with Crippen LogP contribution in [0.2, 0.25) is 5.02 Å². The van der Waals surface area contributed by atoms with Crippen molar-refractivity contribution >= 4 is 35.0 Å². The number of anilines is 1. The molecule has 0 aliphatic rings. The van der Waals surface area contributed by atoms with Crippen LogP contribution in [-0.2, 0) is 4.79 Å². The first-order valence-electron chi connectivity index (χ1n) is 7.23. The maximum Gasteiger partial charge on any atom is 0.234 e. The van der Waals surface area contributed by atoms with Crippen LogP contribution >= 0.6 is 23.4 Å². The van der Waals surface area contributed by atoms with E-state index < -0.39 is 5.82 Å². The molecule has 0 bridgehead atoms. The molecule has 0 aliphatic carbocycles. The molecule has 0 saturated carbocycles. The van der Waals surface area contributed by atoms with Crippen molar-refractivity contribution in [2.24, 2.45) is 0 Å². The molecule has 3 rings (SSSR count). The van der Waals surface area contributed by atoms with E-state index in [1.165, 1.54) is 30.0 Å². The standard InChI is InChI=1S/C17H12ClFN4OS/c18-13-8-12(3-4-14(13)19)21-16(24)10-25-17-6-5-15(22-23-17)11-2-1-7-20-9-11/h1-9H,10H2,(H,21,24). The second-order valence-electron chi connectivity index (χ2n) is 4.96. The van der Waals surface area contributed by atoms with Gasteiger partial charge in [0.05, 0.1) is 16.5 Å². The molecule has 25 heavy (non-hydrogen) atoms. The van der Waals surface area contributed by atoms with Crippen molar-refractivity contribution in [1.82, 2.24) is 15.2 Å². The fourth-order valence-electron chi connectivity index (χ4n) is 1.98. The summed E-state index contributed by atoms with van der Waals surface area (Å²) in [5.74, 6) is -0.626. The summed E-state index contributed by atoms with van der Waals surface area (Å²) in [6.07, 6.45) is 3.40. The van der Waals surface area contributed by atoms with Crippen molar-refractivity contribution in [3.8, 4) is 11.3 Å². The van der Waals surface area contributed by atoms with Crippen molar-refractivity contribution < 1.29 is 9.18 Å². The van der Waals surface area contributed by atoms with Gasteiger partial charge in [-0.05, 0) is 42.5 Å². The quantitative estimate of drug-likeness (QED) is 0.682. The first-order chi connectivity index (χ1) is 12.1. The Kier molecular flexibility index (Phi) is 5.57. The Bertz CT molecular complexity index is 878. The van der Waals surface area contributed by atoms with Crippen LogP contribution < -0.4 is 5.32 Å². The van der Waals surface area contributed by atoms with E-state index in [-0.39, 0.29) is 16.7 Å². The highest BCUT2D eigenvalue weighted by atomic mass is 35.5. The van der Waals surface area contributed by atoms with E-state index >= 15 is 0 Å². The minimum Gasteiger partial charge on any atom is -0.325 e. The third-order valence-electron chi connectivity index (χ3n) is 3.15. The van der Waals surface area contributed by atoms with Gasteiger partial charge in [0, 0.05) is 23.6 Å². The van der Waals surface area contributed by atoms with Crippen molar-refractivity contribution in [2.45, 2.75) is 5.03 Å². The number of aromatic nitrogens is 3. The number of nitrogens with zero attached hydrogens (tertiary/aromatic N) is 3. The molecule has 0 spiro atoms. The minimum atomic E-state index is -0.530. The van der Waals surface area contributed by atoms with Crippen LogP contribution in [0, 0.1) is 5.82 Å². The zero-order valence-electron chi connectivity index (χ0n) is 12.8. The molecule has 0 atom stereocenters. The summed E-state index contributed by atoms with van der Waals surface area (Å²) >= 11 is 6.93. The van der Waals surface area contributed by atoms with Crippen LogP contribution in [0.25, 0.3) is 11.3 Å². The Balaban J connectivity index is 1.56. The summed E-state index contributed by atoms with van der Waals surface area (Å²) in [5.41, 5.74) is 2.02. The number of hydrogen-bond donors (Lipinski definition) is 1. The summed E-state index contributed by atoms with van der Waals surface area (Å²) in [6, 6.07) is 11.4. The van der Waals surface area contributed by atoms with E-state index in [1.54, 1.807) is 18.5 Å². The van der Waals surface area contributed by atoms with Gasteiger partial charge in [-0.15, -0.1) is 10.2 Å². The lowest BCUT2D eigenvalue weighted by Crippen LogP contribution is -2.14. The molecular formula is C17H12ClFN4OS. The minimum absolute atomic E-state index is 0.0395. The molecule has 2 aromatic heterocycles. The van der Waals surface area contributed by atoms with Crippen LogP contribution in [-0.4, -0.2) is 26.8 Å². The van der Waals surface area contributed by atoms with Crippen molar-refractivity contribution in [2.75, 3.05) is 11.1 Å². The Morgan fingerprint density at radius 3 is 2.76 bits per heavy atom. The van der Waals surface area contributed by atoms with E-state index in [1.807, 2.05) is 18.2 Å². The molecule has 0 aliphatic heterocycles. The number of thioether (sulfide) groups is 1. The van der Waals surface area contributed by atoms with E-state index in [2.05, 4.69) is 20.5 Å². The molecule has 1 N–H and O–H groups in total. The van der Waals surface area contributed by atoms with Crippen LogP contribution in [0.1, 0.15) is 0 Å². The van der Waals surface area contributed by atoms with E-state index in [0.717, 1.165) is 5.56 Å². The van der Waals surface area contributed by atoms with Gasteiger partial charge in [0.25, 0.3) is 0 Å². The van der Waals surface area contributed by atoms with E-state index in [4.69, 9.17) is 11.6 Å². The number of amides is 1. The monoisotopic (exact) mass is 374 g/mol. The van der Waals surface area contributed by atoms with Gasteiger partial charge in [0.15, 0.2) is 0 Å². The molecule has 0 saturated heterocycles. The van der Waals surface area contributed by atoms with Gasteiger partial charge < -0.3 is 5.32 Å². The molecule has 3 aromatic rings. The van der Waals surface area contributed by atoms with Crippen LogP contribution in [0.4, 0.5) is 10.1 Å². The fraction of sp³-hybridized carbons (Fsp3) is 0.0588. The summed E-state index contributed by atoms with van der Waals surface area (Å²) in [6.45, 7) is 0.